The van der Waals surface area contributed by atoms with Crippen LogP contribution in [0, 0.1) is 10.1 Å². The molecule has 3 aromatic rings. The number of hydrogen-bond donors (Lipinski definition) is 0. The molecule has 0 fully saturated rings. The van der Waals surface area contributed by atoms with E-state index < -0.39 is 4.92 Å². The van der Waals surface area contributed by atoms with Crippen molar-refractivity contribution < 1.29 is 14.4 Å². The maximum Gasteiger partial charge on any atom is 0.310 e. The molecule has 2 aromatic carbocycles. The SMILES string of the molecule is COc1cccc(-n2ccnc2SCCOc2ccccc2[N+](=O)[O-])c1. The zero-order chi connectivity index (χ0) is 18.4. The molecule has 3 rings (SSSR count). The summed E-state index contributed by atoms with van der Waals surface area (Å²) in [7, 11) is 1.63. The van der Waals surface area contributed by atoms with Gasteiger partial charge in [-0.3, -0.25) is 14.7 Å². The van der Waals surface area contributed by atoms with Crippen molar-refractivity contribution in [3.63, 3.8) is 0 Å². The third-order valence-corrected chi connectivity index (χ3v) is 4.50. The quantitative estimate of drug-likeness (QED) is 0.258. The number of imidazole rings is 1. The van der Waals surface area contributed by atoms with Gasteiger partial charge in [0.25, 0.3) is 0 Å². The van der Waals surface area contributed by atoms with E-state index in [0.29, 0.717) is 12.4 Å². The highest BCUT2D eigenvalue weighted by atomic mass is 32.2. The zero-order valence-corrected chi connectivity index (χ0v) is 14.9. The molecule has 0 radical (unpaired) electrons. The molecular weight excluding hydrogens is 354 g/mol. The first-order chi connectivity index (χ1) is 12.7. The second-order valence-corrected chi connectivity index (χ2v) is 6.27. The average Bonchev–Trinajstić information content (AvgIpc) is 3.14. The van der Waals surface area contributed by atoms with E-state index in [1.165, 1.54) is 17.8 Å². The topological polar surface area (TPSA) is 79.4 Å². The molecule has 0 bridgehead atoms. The largest absolute Gasteiger partial charge is 0.497 e. The van der Waals surface area contributed by atoms with Crippen LogP contribution in [0.3, 0.4) is 0 Å². The minimum atomic E-state index is -0.446. The number of nitro benzene ring substituents is 1. The number of methoxy groups -OCH3 is 1. The van der Waals surface area contributed by atoms with Crippen molar-refractivity contribution in [3.05, 3.63) is 71.0 Å². The van der Waals surface area contributed by atoms with Gasteiger partial charge in [-0.25, -0.2) is 4.98 Å². The number of rotatable bonds is 8. The molecule has 0 saturated carbocycles. The fraction of sp³-hybridized carbons (Fsp3) is 0.167. The van der Waals surface area contributed by atoms with E-state index in [-0.39, 0.29) is 11.4 Å². The van der Waals surface area contributed by atoms with Gasteiger partial charge in [0.2, 0.25) is 0 Å². The Hall–Kier alpha value is -3.00. The molecule has 134 valence electrons. The van der Waals surface area contributed by atoms with Crippen molar-refractivity contribution >= 4 is 17.4 Å². The monoisotopic (exact) mass is 371 g/mol. The van der Waals surface area contributed by atoms with Crippen LogP contribution in [0.2, 0.25) is 0 Å². The molecule has 8 heteroatoms. The standard InChI is InChI=1S/C18H17N3O4S/c1-24-15-6-4-5-14(13-15)20-10-9-19-18(20)26-12-11-25-17-8-3-2-7-16(17)21(22)23/h2-10,13H,11-12H2,1H3. The van der Waals surface area contributed by atoms with Gasteiger partial charge in [-0.15, -0.1) is 0 Å². The van der Waals surface area contributed by atoms with Crippen molar-refractivity contribution in [2.24, 2.45) is 0 Å². The molecule has 26 heavy (non-hydrogen) atoms. The Morgan fingerprint density at radius 1 is 1.23 bits per heavy atom. The van der Waals surface area contributed by atoms with E-state index in [0.717, 1.165) is 16.6 Å². The summed E-state index contributed by atoms with van der Waals surface area (Å²) in [4.78, 5) is 14.9. The number of nitro groups is 1. The molecule has 0 amide bonds. The third-order valence-electron chi connectivity index (χ3n) is 3.57. The van der Waals surface area contributed by atoms with E-state index >= 15 is 0 Å². The molecule has 0 unspecified atom stereocenters. The van der Waals surface area contributed by atoms with Crippen molar-refractivity contribution in [2.45, 2.75) is 5.16 Å². The molecule has 0 aliphatic heterocycles. The molecule has 0 atom stereocenters. The summed E-state index contributed by atoms with van der Waals surface area (Å²) in [6, 6.07) is 14.1. The van der Waals surface area contributed by atoms with Crippen LogP contribution in [0.15, 0.2) is 66.1 Å². The lowest BCUT2D eigenvalue weighted by Gasteiger charge is -2.09. The Morgan fingerprint density at radius 3 is 2.88 bits per heavy atom. The van der Waals surface area contributed by atoms with Gasteiger partial charge < -0.3 is 9.47 Å². The van der Waals surface area contributed by atoms with Crippen LogP contribution in [0.5, 0.6) is 11.5 Å². The predicted octanol–water partition coefficient (Wildman–Crippen LogP) is 3.96. The van der Waals surface area contributed by atoms with Gasteiger partial charge in [0.05, 0.1) is 24.3 Å². The van der Waals surface area contributed by atoms with Crippen LogP contribution >= 0.6 is 11.8 Å². The van der Waals surface area contributed by atoms with Crippen LogP contribution in [0.4, 0.5) is 5.69 Å². The number of thioether (sulfide) groups is 1. The van der Waals surface area contributed by atoms with Gasteiger partial charge >= 0.3 is 5.69 Å². The van der Waals surface area contributed by atoms with E-state index in [1.807, 2.05) is 35.0 Å². The highest BCUT2D eigenvalue weighted by Crippen LogP contribution is 2.27. The number of para-hydroxylation sites is 2. The Kier molecular flexibility index (Phi) is 5.75. The van der Waals surface area contributed by atoms with Gasteiger partial charge in [-0.2, -0.15) is 0 Å². The molecule has 0 N–H and O–H groups in total. The van der Waals surface area contributed by atoms with E-state index in [4.69, 9.17) is 9.47 Å². The molecule has 0 aliphatic rings. The normalized spacial score (nSPS) is 10.5. The Morgan fingerprint density at radius 2 is 2.08 bits per heavy atom. The summed E-state index contributed by atoms with van der Waals surface area (Å²) in [5.74, 6) is 1.65. The average molecular weight is 371 g/mol. The molecule has 0 spiro atoms. The molecule has 0 aliphatic carbocycles. The van der Waals surface area contributed by atoms with Gasteiger partial charge in [-0.1, -0.05) is 30.0 Å². The van der Waals surface area contributed by atoms with Crippen LogP contribution in [-0.2, 0) is 0 Å². The second kappa shape index (κ2) is 8.39. The number of hydrogen-bond acceptors (Lipinski definition) is 6. The highest BCUT2D eigenvalue weighted by molar-refractivity contribution is 7.99. The summed E-state index contributed by atoms with van der Waals surface area (Å²) < 4.78 is 12.8. The van der Waals surface area contributed by atoms with Crippen molar-refractivity contribution in [1.29, 1.82) is 0 Å². The highest BCUT2D eigenvalue weighted by Gasteiger charge is 2.13. The smallest absolute Gasteiger partial charge is 0.310 e. The lowest BCUT2D eigenvalue weighted by molar-refractivity contribution is -0.385. The minimum absolute atomic E-state index is 0.0321. The lowest BCUT2D eigenvalue weighted by atomic mass is 10.3. The fourth-order valence-corrected chi connectivity index (χ4v) is 3.16. The van der Waals surface area contributed by atoms with E-state index in [1.54, 1.807) is 31.5 Å². The first-order valence-corrected chi connectivity index (χ1v) is 8.84. The summed E-state index contributed by atoms with van der Waals surface area (Å²) in [5.41, 5.74) is 0.916. The maximum absolute atomic E-state index is 11.0. The maximum atomic E-state index is 11.0. The van der Waals surface area contributed by atoms with E-state index in [2.05, 4.69) is 4.98 Å². The van der Waals surface area contributed by atoms with Crippen molar-refractivity contribution in [1.82, 2.24) is 9.55 Å². The lowest BCUT2D eigenvalue weighted by Crippen LogP contribution is -2.04. The first-order valence-electron chi connectivity index (χ1n) is 7.86. The number of ether oxygens (including phenoxy) is 2. The predicted molar refractivity (Wildman–Crippen MR) is 99.4 cm³/mol. The third kappa shape index (κ3) is 4.15. The minimum Gasteiger partial charge on any atom is -0.497 e. The van der Waals surface area contributed by atoms with Gasteiger partial charge in [-0.05, 0) is 18.2 Å². The Balaban J connectivity index is 1.62. The summed E-state index contributed by atoms with van der Waals surface area (Å²) in [6.45, 7) is 0.334. The summed E-state index contributed by atoms with van der Waals surface area (Å²) in [6.07, 6.45) is 3.60. The van der Waals surface area contributed by atoms with Gasteiger partial charge in [0.1, 0.15) is 5.75 Å². The summed E-state index contributed by atoms with van der Waals surface area (Å²) >= 11 is 1.51. The Bertz CT molecular complexity index is 897. The first kappa shape index (κ1) is 17.8. The van der Waals surface area contributed by atoms with Crippen LogP contribution in [-0.4, -0.2) is 33.9 Å². The van der Waals surface area contributed by atoms with Gasteiger partial charge in [0, 0.05) is 30.3 Å². The summed E-state index contributed by atoms with van der Waals surface area (Å²) in [5, 5.41) is 11.8. The fourth-order valence-electron chi connectivity index (χ4n) is 2.37. The van der Waals surface area contributed by atoms with Crippen LogP contribution in [0.1, 0.15) is 0 Å². The van der Waals surface area contributed by atoms with Crippen molar-refractivity contribution in [2.75, 3.05) is 19.5 Å². The zero-order valence-electron chi connectivity index (χ0n) is 14.1. The molecular formula is C18H17N3O4S. The van der Waals surface area contributed by atoms with Gasteiger partial charge in [0.15, 0.2) is 10.9 Å². The number of benzene rings is 2. The molecule has 1 aromatic heterocycles. The molecule has 7 nitrogen and oxygen atoms in total. The van der Waals surface area contributed by atoms with Crippen LogP contribution < -0.4 is 9.47 Å². The van der Waals surface area contributed by atoms with Crippen molar-refractivity contribution in [3.8, 4) is 17.2 Å². The number of aromatic nitrogens is 2. The number of nitrogens with zero attached hydrogens (tertiary/aromatic N) is 3. The molecule has 1 heterocycles. The Labute approximate surface area is 154 Å². The van der Waals surface area contributed by atoms with E-state index in [9.17, 15) is 10.1 Å². The second-order valence-electron chi connectivity index (χ2n) is 5.20. The molecule has 0 saturated heterocycles. The van der Waals surface area contributed by atoms with Crippen LogP contribution in [0.25, 0.3) is 5.69 Å².